The third-order valence-corrected chi connectivity index (χ3v) is 6.11. The van der Waals surface area contributed by atoms with E-state index in [1.807, 2.05) is 20.9 Å². The summed E-state index contributed by atoms with van der Waals surface area (Å²) in [4.78, 5) is 2.61. The van der Waals surface area contributed by atoms with Crippen molar-refractivity contribution < 1.29 is 8.42 Å². The lowest BCUT2D eigenvalue weighted by atomic mass is 10.0. The van der Waals surface area contributed by atoms with Gasteiger partial charge in [-0.25, -0.2) is 8.42 Å². The maximum atomic E-state index is 12.8. The highest BCUT2D eigenvalue weighted by Crippen LogP contribution is 2.25. The van der Waals surface area contributed by atoms with Gasteiger partial charge in [-0.05, 0) is 33.0 Å². The average Bonchev–Trinajstić information content (AvgIpc) is 2.41. The maximum absolute atomic E-state index is 12.8. The fraction of sp³-hybridized carbons (Fsp3) is 0.500. The van der Waals surface area contributed by atoms with Crippen molar-refractivity contribution in [3.8, 4) is 0 Å². The van der Waals surface area contributed by atoms with E-state index in [2.05, 4.69) is 4.90 Å². The lowest BCUT2D eigenvalue weighted by Gasteiger charge is -2.44. The minimum absolute atomic E-state index is 0.188. The van der Waals surface area contributed by atoms with Gasteiger partial charge >= 0.3 is 0 Å². The Balaban J connectivity index is 2.34. The van der Waals surface area contributed by atoms with Crippen molar-refractivity contribution in [2.45, 2.75) is 24.3 Å². The van der Waals surface area contributed by atoms with E-state index >= 15 is 0 Å². The Labute approximate surface area is 131 Å². The first-order chi connectivity index (χ1) is 9.64. The molecular formula is C14H21N3O2S2. The Hall–Kier alpha value is -1.02. The molecule has 0 spiro atoms. The van der Waals surface area contributed by atoms with Crippen LogP contribution in [0.4, 0.5) is 0 Å². The van der Waals surface area contributed by atoms with Crippen molar-refractivity contribution in [2.75, 3.05) is 26.7 Å². The van der Waals surface area contributed by atoms with Crippen LogP contribution >= 0.6 is 12.2 Å². The Bertz CT molecular complexity index is 656. The summed E-state index contributed by atoms with van der Waals surface area (Å²) in [5.41, 5.74) is 5.96. The highest BCUT2D eigenvalue weighted by molar-refractivity contribution is 7.89. The second-order valence-electron chi connectivity index (χ2n) is 5.96. The lowest BCUT2D eigenvalue weighted by molar-refractivity contribution is 0.0801. The third kappa shape index (κ3) is 3.26. The summed E-state index contributed by atoms with van der Waals surface area (Å²) in [7, 11) is -1.51. The second kappa shape index (κ2) is 5.64. The minimum Gasteiger partial charge on any atom is -0.389 e. The van der Waals surface area contributed by atoms with Gasteiger partial charge in [-0.15, -0.1) is 0 Å². The molecular weight excluding hydrogens is 306 g/mol. The number of rotatable bonds is 3. The summed E-state index contributed by atoms with van der Waals surface area (Å²) in [6.07, 6.45) is 0. The molecule has 0 unspecified atom stereocenters. The van der Waals surface area contributed by atoms with Gasteiger partial charge < -0.3 is 5.73 Å². The summed E-state index contributed by atoms with van der Waals surface area (Å²) in [5.74, 6) is 0. The molecule has 0 amide bonds. The first kappa shape index (κ1) is 16.4. The quantitative estimate of drug-likeness (QED) is 0.840. The molecule has 0 atom stereocenters. The molecule has 2 N–H and O–H groups in total. The number of hydrogen-bond donors (Lipinski definition) is 1. The van der Waals surface area contributed by atoms with Crippen molar-refractivity contribution in [1.82, 2.24) is 9.21 Å². The highest BCUT2D eigenvalue weighted by Gasteiger charge is 2.37. The number of thiocarbonyl (C=S) groups is 1. The van der Waals surface area contributed by atoms with Gasteiger partial charge in [-0.2, -0.15) is 4.31 Å². The molecule has 7 heteroatoms. The fourth-order valence-corrected chi connectivity index (χ4v) is 4.12. The number of hydrogen-bond acceptors (Lipinski definition) is 4. The SMILES string of the molecule is CN1CCN(S(=O)(=O)c2cccc(C(N)=S)c2)CC1(C)C. The molecule has 0 aromatic heterocycles. The van der Waals surface area contributed by atoms with Gasteiger partial charge in [0.25, 0.3) is 0 Å². The molecule has 1 aromatic rings. The molecule has 1 aliphatic rings. The molecule has 0 saturated carbocycles. The van der Waals surface area contributed by atoms with Crippen LogP contribution in [-0.2, 0) is 10.0 Å². The van der Waals surface area contributed by atoms with Gasteiger partial charge in [-0.1, -0.05) is 24.4 Å². The lowest BCUT2D eigenvalue weighted by Crippen LogP contribution is -2.58. The van der Waals surface area contributed by atoms with E-state index in [0.717, 1.165) is 0 Å². The molecule has 1 saturated heterocycles. The van der Waals surface area contributed by atoms with Crippen LogP contribution in [0.3, 0.4) is 0 Å². The van der Waals surface area contributed by atoms with Gasteiger partial charge in [0.15, 0.2) is 0 Å². The molecule has 1 aliphatic heterocycles. The molecule has 1 heterocycles. The zero-order chi connectivity index (χ0) is 15.8. The summed E-state index contributed by atoms with van der Waals surface area (Å²) >= 11 is 4.92. The topological polar surface area (TPSA) is 66.6 Å². The number of sulfonamides is 1. The summed E-state index contributed by atoms with van der Waals surface area (Å²) in [6, 6.07) is 6.52. The molecule has 0 radical (unpaired) electrons. The normalized spacial score (nSPS) is 20.3. The van der Waals surface area contributed by atoms with Crippen LogP contribution in [0.2, 0.25) is 0 Å². The predicted octanol–water partition coefficient (Wildman–Crippen LogP) is 1.04. The van der Waals surface area contributed by atoms with E-state index < -0.39 is 10.0 Å². The summed E-state index contributed by atoms with van der Waals surface area (Å²) in [6.45, 7) is 5.74. The monoisotopic (exact) mass is 327 g/mol. The summed E-state index contributed by atoms with van der Waals surface area (Å²) in [5, 5.41) is 0. The van der Waals surface area contributed by atoms with E-state index in [4.69, 9.17) is 18.0 Å². The van der Waals surface area contributed by atoms with Crippen LogP contribution in [0, 0.1) is 0 Å². The summed E-state index contributed by atoms with van der Waals surface area (Å²) < 4.78 is 27.1. The largest absolute Gasteiger partial charge is 0.389 e. The molecule has 2 rings (SSSR count). The first-order valence-corrected chi connectivity index (χ1v) is 8.61. The molecule has 0 aliphatic carbocycles. The molecule has 0 bridgehead atoms. The number of benzene rings is 1. The van der Waals surface area contributed by atoms with Crippen LogP contribution in [0.15, 0.2) is 29.2 Å². The van der Waals surface area contributed by atoms with Gasteiger partial charge in [0, 0.05) is 30.7 Å². The Kier molecular flexibility index (Phi) is 4.39. The van der Waals surface area contributed by atoms with Gasteiger partial charge in [0.05, 0.1) is 4.90 Å². The van der Waals surface area contributed by atoms with Crippen molar-refractivity contribution in [2.24, 2.45) is 5.73 Å². The number of likely N-dealkylation sites (N-methyl/N-ethyl adjacent to an activating group) is 1. The van der Waals surface area contributed by atoms with Crippen LogP contribution in [-0.4, -0.2) is 54.8 Å². The van der Waals surface area contributed by atoms with E-state index in [1.54, 1.807) is 24.3 Å². The van der Waals surface area contributed by atoms with E-state index in [-0.39, 0.29) is 15.4 Å². The van der Waals surface area contributed by atoms with Gasteiger partial charge in [0.2, 0.25) is 10.0 Å². The number of piperazine rings is 1. The number of nitrogens with zero attached hydrogens (tertiary/aromatic N) is 2. The van der Waals surface area contributed by atoms with Gasteiger partial charge in [0.1, 0.15) is 4.99 Å². The van der Waals surface area contributed by atoms with Crippen molar-refractivity contribution >= 4 is 27.2 Å². The van der Waals surface area contributed by atoms with Crippen molar-refractivity contribution in [3.63, 3.8) is 0 Å². The van der Waals surface area contributed by atoms with Crippen LogP contribution in [0.25, 0.3) is 0 Å². The van der Waals surface area contributed by atoms with Crippen LogP contribution in [0.1, 0.15) is 19.4 Å². The molecule has 1 fully saturated rings. The predicted molar refractivity (Wildman–Crippen MR) is 87.8 cm³/mol. The molecule has 1 aromatic carbocycles. The Morgan fingerprint density at radius 1 is 1.33 bits per heavy atom. The maximum Gasteiger partial charge on any atom is 0.243 e. The van der Waals surface area contributed by atoms with Crippen LogP contribution < -0.4 is 5.73 Å². The number of nitrogens with two attached hydrogens (primary N) is 1. The zero-order valence-electron chi connectivity index (χ0n) is 12.5. The molecule has 5 nitrogen and oxygen atoms in total. The Morgan fingerprint density at radius 2 is 2.00 bits per heavy atom. The van der Waals surface area contributed by atoms with Crippen molar-refractivity contribution in [3.05, 3.63) is 29.8 Å². The fourth-order valence-electron chi connectivity index (χ4n) is 2.36. The second-order valence-corrected chi connectivity index (χ2v) is 8.34. The Morgan fingerprint density at radius 3 is 2.57 bits per heavy atom. The van der Waals surface area contributed by atoms with E-state index in [9.17, 15) is 8.42 Å². The highest BCUT2D eigenvalue weighted by atomic mass is 32.2. The molecule has 21 heavy (non-hydrogen) atoms. The minimum atomic E-state index is -3.52. The van der Waals surface area contributed by atoms with E-state index in [0.29, 0.717) is 25.2 Å². The third-order valence-electron chi connectivity index (χ3n) is 4.04. The zero-order valence-corrected chi connectivity index (χ0v) is 14.2. The van der Waals surface area contributed by atoms with Gasteiger partial charge in [-0.3, -0.25) is 4.90 Å². The smallest absolute Gasteiger partial charge is 0.243 e. The standard InChI is InChI=1S/C14H21N3O2S2/c1-14(2)10-17(8-7-16(14)3)21(18,19)12-6-4-5-11(9-12)13(15)20/h4-6,9H,7-8,10H2,1-3H3,(H2,15,20). The molecule has 116 valence electrons. The van der Waals surface area contributed by atoms with Crippen LogP contribution in [0.5, 0.6) is 0 Å². The average molecular weight is 327 g/mol. The first-order valence-electron chi connectivity index (χ1n) is 6.76. The van der Waals surface area contributed by atoms with Crippen molar-refractivity contribution in [1.29, 1.82) is 0 Å². The van der Waals surface area contributed by atoms with E-state index in [1.165, 1.54) is 4.31 Å².